The van der Waals surface area contributed by atoms with Crippen LogP contribution in [0.1, 0.15) is 37.7 Å². The van der Waals surface area contributed by atoms with Crippen molar-refractivity contribution in [3.63, 3.8) is 0 Å². The summed E-state index contributed by atoms with van der Waals surface area (Å²) in [5, 5.41) is 0. The van der Waals surface area contributed by atoms with E-state index in [2.05, 4.69) is 66.8 Å². The first-order chi connectivity index (χ1) is 9.42. The summed E-state index contributed by atoms with van der Waals surface area (Å²) < 4.78 is 0. The van der Waals surface area contributed by atoms with E-state index in [1.807, 2.05) is 0 Å². The molecule has 0 N–H and O–H groups in total. The van der Waals surface area contributed by atoms with Crippen molar-refractivity contribution in [1.29, 1.82) is 0 Å². The molecule has 0 aromatic heterocycles. The van der Waals surface area contributed by atoms with Crippen molar-refractivity contribution in [2.75, 3.05) is 0 Å². The maximum absolute atomic E-state index is 2.42. The van der Waals surface area contributed by atoms with Crippen molar-refractivity contribution in [2.45, 2.75) is 37.5 Å². The summed E-state index contributed by atoms with van der Waals surface area (Å²) in [5.74, 6) is 0.641. The molecule has 0 heterocycles. The van der Waals surface area contributed by atoms with E-state index in [4.69, 9.17) is 0 Å². The molecule has 0 heteroatoms. The molecular weight excluding hydrogens is 228 g/mol. The van der Waals surface area contributed by atoms with Gasteiger partial charge >= 0.3 is 0 Å². The molecule has 0 saturated carbocycles. The number of hydrogen-bond donors (Lipinski definition) is 0. The van der Waals surface area contributed by atoms with Crippen molar-refractivity contribution in [1.82, 2.24) is 0 Å². The van der Waals surface area contributed by atoms with Gasteiger partial charge in [-0.25, -0.2) is 0 Å². The average molecular weight is 250 g/mol. The third kappa shape index (κ3) is 2.45. The lowest BCUT2D eigenvalue weighted by Gasteiger charge is -2.40. The summed E-state index contributed by atoms with van der Waals surface area (Å²) in [7, 11) is 0. The second-order valence-corrected chi connectivity index (χ2v) is 5.75. The molecule has 1 aromatic rings. The summed E-state index contributed by atoms with van der Waals surface area (Å²) >= 11 is 0. The van der Waals surface area contributed by atoms with E-state index in [0.717, 1.165) is 0 Å². The Bertz CT molecular complexity index is 492. The van der Waals surface area contributed by atoms with Crippen LogP contribution >= 0.6 is 0 Å². The summed E-state index contributed by atoms with van der Waals surface area (Å²) in [4.78, 5) is 0. The van der Waals surface area contributed by atoms with Crippen LogP contribution in [0, 0.1) is 5.92 Å². The van der Waals surface area contributed by atoms with Gasteiger partial charge in [0.1, 0.15) is 0 Å². The summed E-state index contributed by atoms with van der Waals surface area (Å²) in [6, 6.07) is 11.2. The minimum Gasteiger partial charge on any atom is -0.0885 e. The van der Waals surface area contributed by atoms with Crippen LogP contribution in [0.3, 0.4) is 0 Å². The van der Waals surface area contributed by atoms with Crippen LogP contribution in [0.15, 0.2) is 66.8 Å². The van der Waals surface area contributed by atoms with Gasteiger partial charge in [-0.3, -0.25) is 0 Å². The van der Waals surface area contributed by atoms with Gasteiger partial charge in [0.15, 0.2) is 0 Å². The molecule has 1 aromatic carbocycles. The lowest BCUT2D eigenvalue weighted by Crippen LogP contribution is -2.34. The van der Waals surface area contributed by atoms with Gasteiger partial charge in [-0.05, 0) is 43.6 Å². The largest absolute Gasteiger partial charge is 0.0885 e. The van der Waals surface area contributed by atoms with Gasteiger partial charge in [-0.2, -0.15) is 0 Å². The smallest absolute Gasteiger partial charge is 0.00533 e. The standard InChI is InChI=1S/C19H22/c1-2-10-16-19(15-9-1,17-11-5-3-6-12-17)18-13-7-4-8-14-18/h1,3-9,11-13,18H,2,10,14-16H2. The highest BCUT2D eigenvalue weighted by atomic mass is 14.4. The quantitative estimate of drug-likeness (QED) is 0.634. The average Bonchev–Trinajstić information content (AvgIpc) is 2.76. The predicted molar refractivity (Wildman–Crippen MR) is 82.1 cm³/mol. The van der Waals surface area contributed by atoms with Crippen molar-refractivity contribution in [2.24, 2.45) is 5.92 Å². The third-order valence-electron chi connectivity index (χ3n) is 4.68. The fourth-order valence-electron chi connectivity index (χ4n) is 3.62. The normalized spacial score (nSPS) is 30.2. The highest BCUT2D eigenvalue weighted by molar-refractivity contribution is 5.32. The monoisotopic (exact) mass is 250 g/mol. The van der Waals surface area contributed by atoms with E-state index in [0.29, 0.717) is 11.3 Å². The van der Waals surface area contributed by atoms with E-state index in [1.165, 1.54) is 37.7 Å². The molecular formula is C19H22. The molecule has 2 unspecified atom stereocenters. The molecule has 0 bridgehead atoms. The van der Waals surface area contributed by atoms with Gasteiger partial charge in [-0.15, -0.1) is 0 Å². The first-order valence-electron chi connectivity index (χ1n) is 7.46. The topological polar surface area (TPSA) is 0 Å². The zero-order valence-electron chi connectivity index (χ0n) is 11.5. The molecule has 3 rings (SSSR count). The summed E-state index contributed by atoms with van der Waals surface area (Å²) in [6.45, 7) is 0. The first kappa shape index (κ1) is 12.5. The fraction of sp³-hybridized carbons (Fsp3) is 0.368. The molecule has 2 aliphatic carbocycles. The Hall–Kier alpha value is -1.56. The molecule has 2 aliphatic rings. The maximum atomic E-state index is 2.42. The molecule has 0 saturated heterocycles. The second-order valence-electron chi connectivity index (χ2n) is 5.75. The summed E-state index contributed by atoms with van der Waals surface area (Å²) in [6.07, 6.45) is 20.1. The Balaban J connectivity index is 2.01. The highest BCUT2D eigenvalue weighted by Crippen LogP contribution is 2.45. The van der Waals surface area contributed by atoms with Gasteiger partial charge in [0.2, 0.25) is 0 Å². The number of allylic oxidation sites excluding steroid dienone is 6. The Labute approximate surface area is 116 Å². The van der Waals surface area contributed by atoms with Gasteiger partial charge in [-0.1, -0.05) is 66.8 Å². The van der Waals surface area contributed by atoms with Crippen LogP contribution in [0.5, 0.6) is 0 Å². The van der Waals surface area contributed by atoms with Crippen LogP contribution in [-0.4, -0.2) is 0 Å². The van der Waals surface area contributed by atoms with Gasteiger partial charge < -0.3 is 0 Å². The van der Waals surface area contributed by atoms with Gasteiger partial charge in [0, 0.05) is 5.41 Å². The lowest BCUT2D eigenvalue weighted by atomic mass is 9.64. The third-order valence-corrected chi connectivity index (χ3v) is 4.68. The zero-order chi connectivity index (χ0) is 13.0. The van der Waals surface area contributed by atoms with Crippen molar-refractivity contribution in [3.05, 3.63) is 72.4 Å². The minimum absolute atomic E-state index is 0.301. The molecule has 98 valence electrons. The summed E-state index contributed by atoms with van der Waals surface area (Å²) in [5.41, 5.74) is 1.82. The number of hydrogen-bond acceptors (Lipinski definition) is 0. The lowest BCUT2D eigenvalue weighted by molar-refractivity contribution is 0.293. The SMILES string of the molecule is C1=CCC(C2(c3ccccc3)CC=CCCC2)C=C1. The van der Waals surface area contributed by atoms with Crippen LogP contribution in [-0.2, 0) is 5.41 Å². The molecule has 0 aliphatic heterocycles. The van der Waals surface area contributed by atoms with Gasteiger partial charge in [0.25, 0.3) is 0 Å². The van der Waals surface area contributed by atoms with E-state index < -0.39 is 0 Å². The van der Waals surface area contributed by atoms with Crippen LogP contribution in [0.4, 0.5) is 0 Å². The van der Waals surface area contributed by atoms with Crippen LogP contribution in [0.2, 0.25) is 0 Å². The zero-order valence-corrected chi connectivity index (χ0v) is 11.5. The van der Waals surface area contributed by atoms with Crippen molar-refractivity contribution < 1.29 is 0 Å². The Kier molecular flexibility index (Phi) is 3.68. The Morgan fingerprint density at radius 2 is 1.84 bits per heavy atom. The van der Waals surface area contributed by atoms with E-state index in [1.54, 1.807) is 0 Å². The molecule has 0 amide bonds. The van der Waals surface area contributed by atoms with Crippen molar-refractivity contribution >= 4 is 0 Å². The molecule has 0 radical (unpaired) electrons. The van der Waals surface area contributed by atoms with Crippen molar-refractivity contribution in [3.8, 4) is 0 Å². The number of benzene rings is 1. The fourth-order valence-corrected chi connectivity index (χ4v) is 3.62. The van der Waals surface area contributed by atoms with E-state index in [9.17, 15) is 0 Å². The van der Waals surface area contributed by atoms with E-state index in [-0.39, 0.29) is 0 Å². The molecule has 0 fully saturated rings. The second kappa shape index (κ2) is 5.61. The van der Waals surface area contributed by atoms with E-state index >= 15 is 0 Å². The Morgan fingerprint density at radius 3 is 2.63 bits per heavy atom. The van der Waals surface area contributed by atoms with Crippen LogP contribution < -0.4 is 0 Å². The van der Waals surface area contributed by atoms with Crippen LogP contribution in [0.25, 0.3) is 0 Å². The number of rotatable bonds is 2. The molecule has 0 spiro atoms. The molecule has 2 atom stereocenters. The van der Waals surface area contributed by atoms with Gasteiger partial charge in [0.05, 0.1) is 0 Å². The maximum Gasteiger partial charge on any atom is 0.00533 e. The first-order valence-corrected chi connectivity index (χ1v) is 7.46. The minimum atomic E-state index is 0.301. The molecule has 19 heavy (non-hydrogen) atoms. The predicted octanol–water partition coefficient (Wildman–Crippen LogP) is 5.19. The Morgan fingerprint density at radius 1 is 0.947 bits per heavy atom. The molecule has 0 nitrogen and oxygen atoms in total. The highest BCUT2D eigenvalue weighted by Gasteiger charge is 2.37.